The van der Waals surface area contributed by atoms with E-state index in [2.05, 4.69) is 24.1 Å². The van der Waals surface area contributed by atoms with E-state index in [4.69, 9.17) is 14.2 Å². The summed E-state index contributed by atoms with van der Waals surface area (Å²) in [6.45, 7) is 8.16. The number of hydrogen-bond acceptors (Lipinski definition) is 5. The topological polar surface area (TPSA) is 52.6 Å². The van der Waals surface area contributed by atoms with E-state index in [1.165, 1.54) is 0 Å². The first-order valence-corrected chi connectivity index (χ1v) is 6.44. The molecule has 0 aliphatic rings. The largest absolute Gasteiger partial charge is 0.493 e. The van der Waals surface area contributed by atoms with Crippen molar-refractivity contribution in [1.29, 1.82) is 0 Å². The van der Waals surface area contributed by atoms with E-state index in [1.807, 2.05) is 6.92 Å². The summed E-state index contributed by atoms with van der Waals surface area (Å²) in [5.74, 6) is 1.37. The summed E-state index contributed by atoms with van der Waals surface area (Å²) in [6.07, 6.45) is 1.71. The molecule has 5 nitrogen and oxygen atoms in total. The predicted octanol–water partition coefficient (Wildman–Crippen LogP) is 2.00. The van der Waals surface area contributed by atoms with Gasteiger partial charge in [-0.2, -0.15) is 0 Å². The molecule has 0 fully saturated rings. The van der Waals surface area contributed by atoms with Crippen LogP contribution < -0.4 is 14.8 Å². The van der Waals surface area contributed by atoms with Gasteiger partial charge in [0.25, 0.3) is 0 Å². The van der Waals surface area contributed by atoms with Gasteiger partial charge in [0.05, 0.1) is 25.5 Å². The fourth-order valence-corrected chi connectivity index (χ4v) is 1.90. The molecular formula is C14H24N2O3. The van der Waals surface area contributed by atoms with E-state index in [9.17, 15) is 0 Å². The summed E-state index contributed by atoms with van der Waals surface area (Å²) in [7, 11) is 3.24. The summed E-state index contributed by atoms with van der Waals surface area (Å²) in [4.78, 5) is 4.32. The number of aromatic nitrogens is 1. The zero-order chi connectivity index (χ0) is 14.3. The van der Waals surface area contributed by atoms with Gasteiger partial charge in [-0.3, -0.25) is 4.98 Å². The third-order valence-electron chi connectivity index (χ3n) is 2.74. The fraction of sp³-hybridized carbons (Fsp3) is 0.643. The summed E-state index contributed by atoms with van der Waals surface area (Å²) in [6, 6.07) is 1.78. The second-order valence-corrected chi connectivity index (χ2v) is 4.79. The highest BCUT2D eigenvalue weighted by Crippen LogP contribution is 2.28. The lowest BCUT2D eigenvalue weighted by Gasteiger charge is -2.25. The molecule has 1 N–H and O–H groups in total. The first-order chi connectivity index (χ1) is 9.04. The molecule has 1 aromatic heterocycles. The SMILES string of the molecule is CCOC(C)(C)CNCc1nccc(OC)c1OC. The van der Waals surface area contributed by atoms with Crippen LogP contribution in [0, 0.1) is 0 Å². The highest BCUT2D eigenvalue weighted by Gasteiger charge is 2.18. The number of pyridine rings is 1. The maximum Gasteiger partial charge on any atom is 0.183 e. The van der Waals surface area contributed by atoms with E-state index in [0.29, 0.717) is 24.7 Å². The van der Waals surface area contributed by atoms with Crippen molar-refractivity contribution in [2.75, 3.05) is 27.4 Å². The van der Waals surface area contributed by atoms with Crippen molar-refractivity contribution in [2.24, 2.45) is 0 Å². The fourth-order valence-electron chi connectivity index (χ4n) is 1.90. The van der Waals surface area contributed by atoms with Crippen molar-refractivity contribution in [3.05, 3.63) is 18.0 Å². The lowest BCUT2D eigenvalue weighted by Crippen LogP contribution is -2.37. The molecule has 1 rings (SSSR count). The van der Waals surface area contributed by atoms with Gasteiger partial charge in [-0.15, -0.1) is 0 Å². The number of rotatable bonds is 8. The van der Waals surface area contributed by atoms with Crippen molar-refractivity contribution >= 4 is 0 Å². The van der Waals surface area contributed by atoms with Crippen LogP contribution in [0.25, 0.3) is 0 Å². The van der Waals surface area contributed by atoms with Crippen LogP contribution >= 0.6 is 0 Å². The highest BCUT2D eigenvalue weighted by atomic mass is 16.5. The summed E-state index contributed by atoms with van der Waals surface area (Å²) in [5, 5.41) is 3.33. The predicted molar refractivity (Wildman–Crippen MR) is 74.8 cm³/mol. The Kier molecular flexibility index (Phi) is 6.05. The van der Waals surface area contributed by atoms with Gasteiger partial charge in [-0.25, -0.2) is 0 Å². The number of hydrogen-bond donors (Lipinski definition) is 1. The van der Waals surface area contributed by atoms with Crippen molar-refractivity contribution in [3.63, 3.8) is 0 Å². The number of methoxy groups -OCH3 is 2. The normalized spacial score (nSPS) is 11.4. The molecule has 0 atom stereocenters. The summed E-state index contributed by atoms with van der Waals surface area (Å²) < 4.78 is 16.2. The number of nitrogens with one attached hydrogen (secondary N) is 1. The van der Waals surface area contributed by atoms with Crippen molar-refractivity contribution in [3.8, 4) is 11.5 Å². The molecule has 0 unspecified atom stereocenters. The lowest BCUT2D eigenvalue weighted by atomic mass is 10.1. The standard InChI is InChI=1S/C14H24N2O3/c1-6-19-14(2,3)10-15-9-11-13(18-5)12(17-4)7-8-16-11/h7-8,15H,6,9-10H2,1-5H3. The van der Waals surface area contributed by atoms with Crippen LogP contribution in [0.15, 0.2) is 12.3 Å². The van der Waals surface area contributed by atoms with Gasteiger partial charge in [0.15, 0.2) is 11.5 Å². The van der Waals surface area contributed by atoms with Crippen molar-refractivity contribution < 1.29 is 14.2 Å². The minimum Gasteiger partial charge on any atom is -0.493 e. The van der Waals surface area contributed by atoms with Crippen LogP contribution in [0.2, 0.25) is 0 Å². The monoisotopic (exact) mass is 268 g/mol. The lowest BCUT2D eigenvalue weighted by molar-refractivity contribution is -0.00905. The third kappa shape index (κ3) is 4.69. The Labute approximate surface area is 115 Å². The van der Waals surface area contributed by atoms with E-state index < -0.39 is 0 Å². The molecule has 0 amide bonds. The minimum absolute atomic E-state index is 0.194. The van der Waals surface area contributed by atoms with E-state index in [1.54, 1.807) is 26.5 Å². The second-order valence-electron chi connectivity index (χ2n) is 4.79. The van der Waals surface area contributed by atoms with Gasteiger partial charge in [0.1, 0.15) is 0 Å². The molecule has 1 heterocycles. The molecule has 0 aliphatic carbocycles. The molecule has 0 bridgehead atoms. The van der Waals surface area contributed by atoms with Gasteiger partial charge in [0.2, 0.25) is 0 Å². The third-order valence-corrected chi connectivity index (χ3v) is 2.74. The first-order valence-electron chi connectivity index (χ1n) is 6.44. The van der Waals surface area contributed by atoms with Crippen LogP contribution in [-0.2, 0) is 11.3 Å². The molecule has 0 radical (unpaired) electrons. The molecule has 5 heteroatoms. The average molecular weight is 268 g/mol. The molecule has 0 aromatic carbocycles. The minimum atomic E-state index is -0.194. The van der Waals surface area contributed by atoms with Crippen LogP contribution in [0.3, 0.4) is 0 Å². The average Bonchev–Trinajstić information content (AvgIpc) is 2.38. The van der Waals surface area contributed by atoms with Gasteiger partial charge >= 0.3 is 0 Å². The Morgan fingerprint density at radius 2 is 2.00 bits per heavy atom. The number of ether oxygens (including phenoxy) is 3. The Balaban J connectivity index is 2.63. The van der Waals surface area contributed by atoms with Gasteiger partial charge in [0, 0.05) is 32.0 Å². The quantitative estimate of drug-likeness (QED) is 0.781. The van der Waals surface area contributed by atoms with Crippen LogP contribution in [0.4, 0.5) is 0 Å². The van der Waals surface area contributed by atoms with Crippen LogP contribution in [0.5, 0.6) is 11.5 Å². The second kappa shape index (κ2) is 7.31. The zero-order valence-corrected chi connectivity index (χ0v) is 12.4. The Hall–Kier alpha value is -1.33. The van der Waals surface area contributed by atoms with E-state index in [-0.39, 0.29) is 5.60 Å². The highest BCUT2D eigenvalue weighted by molar-refractivity contribution is 5.42. The van der Waals surface area contributed by atoms with Gasteiger partial charge in [-0.05, 0) is 20.8 Å². The molecule has 0 aliphatic heterocycles. The van der Waals surface area contributed by atoms with Crippen LogP contribution in [-0.4, -0.2) is 38.0 Å². The molecule has 0 saturated heterocycles. The molecule has 19 heavy (non-hydrogen) atoms. The Bertz CT molecular complexity index is 394. The van der Waals surface area contributed by atoms with Crippen LogP contribution in [0.1, 0.15) is 26.5 Å². The summed E-state index contributed by atoms with van der Waals surface area (Å²) >= 11 is 0. The van der Waals surface area contributed by atoms with Gasteiger partial charge < -0.3 is 19.5 Å². The molecule has 0 saturated carbocycles. The Morgan fingerprint density at radius 3 is 2.58 bits per heavy atom. The summed E-state index contributed by atoms with van der Waals surface area (Å²) in [5.41, 5.74) is 0.634. The Morgan fingerprint density at radius 1 is 1.26 bits per heavy atom. The number of nitrogens with zero attached hydrogens (tertiary/aromatic N) is 1. The molecule has 0 spiro atoms. The first kappa shape index (κ1) is 15.7. The maximum atomic E-state index is 5.63. The van der Waals surface area contributed by atoms with E-state index in [0.717, 1.165) is 12.2 Å². The maximum absolute atomic E-state index is 5.63. The van der Waals surface area contributed by atoms with Crippen molar-refractivity contribution in [1.82, 2.24) is 10.3 Å². The van der Waals surface area contributed by atoms with Gasteiger partial charge in [-0.1, -0.05) is 0 Å². The smallest absolute Gasteiger partial charge is 0.183 e. The molecular weight excluding hydrogens is 244 g/mol. The molecule has 108 valence electrons. The van der Waals surface area contributed by atoms with E-state index >= 15 is 0 Å². The molecule has 1 aromatic rings. The van der Waals surface area contributed by atoms with Crippen molar-refractivity contribution in [2.45, 2.75) is 32.9 Å². The zero-order valence-electron chi connectivity index (χ0n) is 12.4.